The summed E-state index contributed by atoms with van der Waals surface area (Å²) in [7, 11) is 4.50. The minimum Gasteiger partial charge on any atom is -0.504 e. The zero-order chi connectivity index (χ0) is 22.7. The number of aliphatic hydroxyl groups is 1. The number of methoxy groups -OCH3 is 3. The number of carbonyl (C=O) groups is 2. The van der Waals surface area contributed by atoms with Gasteiger partial charge in [-0.1, -0.05) is 12.1 Å². The SMILES string of the molecule is COc1cc([C@H]2C(C(C)=O)=C(O)C(=O)N2CCc2ccc(OC)c(OC)c2)ccc1O. The number of hydrogen-bond donors (Lipinski definition) is 2. The minimum atomic E-state index is -0.792. The highest BCUT2D eigenvalue weighted by Crippen LogP contribution is 2.40. The monoisotopic (exact) mass is 427 g/mol. The Kier molecular flexibility index (Phi) is 6.39. The lowest BCUT2D eigenvalue weighted by atomic mass is 9.96. The van der Waals surface area contributed by atoms with Crippen molar-refractivity contribution in [3.8, 4) is 23.0 Å². The summed E-state index contributed by atoms with van der Waals surface area (Å²) in [6.07, 6.45) is 0.455. The summed E-state index contributed by atoms with van der Waals surface area (Å²) < 4.78 is 15.7. The van der Waals surface area contributed by atoms with Crippen LogP contribution < -0.4 is 14.2 Å². The first kappa shape index (κ1) is 22.0. The molecule has 8 nitrogen and oxygen atoms in total. The molecule has 0 aromatic heterocycles. The van der Waals surface area contributed by atoms with E-state index in [-0.39, 0.29) is 23.6 Å². The first-order valence-electron chi connectivity index (χ1n) is 9.65. The summed E-state index contributed by atoms with van der Waals surface area (Å²) in [5.74, 6) is -0.283. The van der Waals surface area contributed by atoms with Gasteiger partial charge in [0.1, 0.15) is 0 Å². The number of benzene rings is 2. The number of phenols is 1. The summed E-state index contributed by atoms with van der Waals surface area (Å²) in [6, 6.07) is 9.24. The highest BCUT2D eigenvalue weighted by molar-refractivity contribution is 6.08. The van der Waals surface area contributed by atoms with Gasteiger partial charge < -0.3 is 29.3 Å². The molecular weight excluding hydrogens is 402 g/mol. The first-order chi connectivity index (χ1) is 14.8. The number of rotatable bonds is 8. The Morgan fingerprint density at radius 1 is 0.968 bits per heavy atom. The molecule has 164 valence electrons. The number of ketones is 1. The molecule has 0 bridgehead atoms. The van der Waals surface area contributed by atoms with Crippen molar-refractivity contribution in [2.75, 3.05) is 27.9 Å². The number of Topliss-reactive ketones (excluding diaryl/α,β-unsaturated/α-hetero) is 1. The van der Waals surface area contributed by atoms with Crippen LogP contribution in [0.15, 0.2) is 47.7 Å². The van der Waals surface area contributed by atoms with E-state index in [4.69, 9.17) is 14.2 Å². The number of aromatic hydroxyl groups is 1. The number of aliphatic hydroxyl groups excluding tert-OH is 1. The predicted molar refractivity (Wildman–Crippen MR) is 113 cm³/mol. The fraction of sp³-hybridized carbons (Fsp3) is 0.304. The molecule has 0 spiro atoms. The third-order valence-corrected chi connectivity index (χ3v) is 5.29. The van der Waals surface area contributed by atoms with Crippen LogP contribution in [-0.4, -0.2) is 54.7 Å². The zero-order valence-corrected chi connectivity index (χ0v) is 17.8. The molecule has 0 aliphatic carbocycles. The van der Waals surface area contributed by atoms with Gasteiger partial charge in [0.15, 0.2) is 34.5 Å². The Hall–Kier alpha value is -3.68. The molecule has 2 aromatic carbocycles. The third-order valence-electron chi connectivity index (χ3n) is 5.29. The molecule has 1 amide bonds. The van der Waals surface area contributed by atoms with Gasteiger partial charge in [-0.05, 0) is 48.7 Å². The lowest BCUT2D eigenvalue weighted by molar-refractivity contribution is -0.129. The van der Waals surface area contributed by atoms with Gasteiger partial charge in [-0.3, -0.25) is 9.59 Å². The van der Waals surface area contributed by atoms with E-state index in [1.807, 2.05) is 12.1 Å². The summed E-state index contributed by atoms with van der Waals surface area (Å²) in [5, 5.41) is 20.3. The molecule has 0 saturated heterocycles. The Balaban J connectivity index is 1.94. The molecule has 0 fully saturated rings. The topological polar surface area (TPSA) is 106 Å². The van der Waals surface area contributed by atoms with Crippen LogP contribution in [0.3, 0.4) is 0 Å². The van der Waals surface area contributed by atoms with Crippen molar-refractivity contribution < 1.29 is 34.0 Å². The van der Waals surface area contributed by atoms with Crippen molar-refractivity contribution in [3.05, 3.63) is 58.9 Å². The van der Waals surface area contributed by atoms with Gasteiger partial charge >= 0.3 is 0 Å². The maximum absolute atomic E-state index is 12.8. The van der Waals surface area contributed by atoms with E-state index in [0.29, 0.717) is 23.5 Å². The molecule has 3 rings (SSSR count). The van der Waals surface area contributed by atoms with Crippen LogP contribution >= 0.6 is 0 Å². The predicted octanol–water partition coefficient (Wildman–Crippen LogP) is 2.95. The summed E-state index contributed by atoms with van der Waals surface area (Å²) in [6.45, 7) is 1.55. The lowest BCUT2D eigenvalue weighted by Crippen LogP contribution is -2.33. The van der Waals surface area contributed by atoms with Gasteiger partial charge in [-0.15, -0.1) is 0 Å². The zero-order valence-electron chi connectivity index (χ0n) is 17.8. The van der Waals surface area contributed by atoms with E-state index >= 15 is 0 Å². The molecule has 0 radical (unpaired) electrons. The second kappa shape index (κ2) is 8.99. The van der Waals surface area contributed by atoms with Crippen LogP contribution in [0.1, 0.15) is 24.1 Å². The second-order valence-corrected chi connectivity index (χ2v) is 7.09. The molecule has 0 saturated carbocycles. The van der Waals surface area contributed by atoms with E-state index in [1.54, 1.807) is 32.4 Å². The van der Waals surface area contributed by atoms with E-state index in [0.717, 1.165) is 5.56 Å². The molecule has 31 heavy (non-hydrogen) atoms. The van der Waals surface area contributed by atoms with Crippen LogP contribution in [0.2, 0.25) is 0 Å². The molecular formula is C23H25NO7. The maximum atomic E-state index is 12.8. The lowest BCUT2D eigenvalue weighted by Gasteiger charge is -2.27. The summed E-state index contributed by atoms with van der Waals surface area (Å²) in [5.41, 5.74) is 1.46. The highest BCUT2D eigenvalue weighted by atomic mass is 16.5. The Morgan fingerprint density at radius 2 is 1.65 bits per heavy atom. The number of amides is 1. The number of carbonyl (C=O) groups excluding carboxylic acids is 2. The number of nitrogens with zero attached hydrogens (tertiary/aromatic N) is 1. The normalized spacial score (nSPS) is 15.9. The Bertz CT molecular complexity index is 1040. The second-order valence-electron chi connectivity index (χ2n) is 7.09. The Labute approximate surface area is 180 Å². The van der Waals surface area contributed by atoms with E-state index in [2.05, 4.69) is 0 Å². The fourth-order valence-corrected chi connectivity index (χ4v) is 3.74. The van der Waals surface area contributed by atoms with Crippen LogP contribution in [-0.2, 0) is 16.0 Å². The molecule has 0 unspecified atom stereocenters. The van der Waals surface area contributed by atoms with Gasteiger partial charge in [0.2, 0.25) is 0 Å². The molecule has 1 aliphatic heterocycles. The molecule has 1 heterocycles. The van der Waals surface area contributed by atoms with Gasteiger partial charge in [-0.25, -0.2) is 0 Å². The average molecular weight is 427 g/mol. The van der Waals surface area contributed by atoms with Crippen molar-refractivity contribution in [2.45, 2.75) is 19.4 Å². The van der Waals surface area contributed by atoms with Crippen LogP contribution in [0.4, 0.5) is 0 Å². The standard InChI is InChI=1S/C23H25NO7/c1-13(25)20-21(15-6-7-16(26)18(12-15)30-3)24(23(28)22(20)27)10-9-14-5-8-17(29-2)19(11-14)31-4/h5-8,11-12,21,26-27H,9-10H2,1-4H3/t21-/m0/s1. The molecule has 8 heteroatoms. The smallest absolute Gasteiger partial charge is 0.290 e. The van der Waals surface area contributed by atoms with Crippen molar-refractivity contribution in [2.24, 2.45) is 0 Å². The highest BCUT2D eigenvalue weighted by Gasteiger charge is 2.42. The fourth-order valence-electron chi connectivity index (χ4n) is 3.74. The number of hydrogen-bond acceptors (Lipinski definition) is 7. The van der Waals surface area contributed by atoms with E-state index < -0.39 is 23.5 Å². The quantitative estimate of drug-likeness (QED) is 0.667. The minimum absolute atomic E-state index is 0.0186. The van der Waals surface area contributed by atoms with Crippen LogP contribution in [0.25, 0.3) is 0 Å². The Morgan fingerprint density at radius 3 is 2.26 bits per heavy atom. The largest absolute Gasteiger partial charge is 0.504 e. The molecule has 2 N–H and O–H groups in total. The van der Waals surface area contributed by atoms with Crippen molar-refractivity contribution >= 4 is 11.7 Å². The van der Waals surface area contributed by atoms with Gasteiger partial charge in [0.05, 0.1) is 32.9 Å². The number of ether oxygens (including phenoxy) is 3. The van der Waals surface area contributed by atoms with Gasteiger partial charge in [0.25, 0.3) is 5.91 Å². The number of phenolic OH excluding ortho intramolecular Hbond substituents is 1. The summed E-state index contributed by atoms with van der Waals surface area (Å²) >= 11 is 0. The van der Waals surface area contributed by atoms with Crippen LogP contribution in [0.5, 0.6) is 23.0 Å². The third kappa shape index (κ3) is 4.14. The van der Waals surface area contributed by atoms with Crippen LogP contribution in [0, 0.1) is 0 Å². The van der Waals surface area contributed by atoms with E-state index in [9.17, 15) is 19.8 Å². The molecule has 1 atom stereocenters. The van der Waals surface area contributed by atoms with E-state index in [1.165, 1.54) is 25.0 Å². The molecule has 1 aliphatic rings. The van der Waals surface area contributed by atoms with Gasteiger partial charge in [0, 0.05) is 6.54 Å². The van der Waals surface area contributed by atoms with Crippen molar-refractivity contribution in [3.63, 3.8) is 0 Å². The molecule has 2 aromatic rings. The summed E-state index contributed by atoms with van der Waals surface area (Å²) in [4.78, 5) is 26.5. The van der Waals surface area contributed by atoms with Gasteiger partial charge in [-0.2, -0.15) is 0 Å². The first-order valence-corrected chi connectivity index (χ1v) is 9.65. The maximum Gasteiger partial charge on any atom is 0.290 e. The van der Waals surface area contributed by atoms with Crippen molar-refractivity contribution in [1.82, 2.24) is 4.90 Å². The average Bonchev–Trinajstić information content (AvgIpc) is 3.02. The van der Waals surface area contributed by atoms with Crippen molar-refractivity contribution in [1.29, 1.82) is 0 Å².